The van der Waals surface area contributed by atoms with Crippen molar-refractivity contribution in [3.05, 3.63) is 30.6 Å². The quantitative estimate of drug-likeness (QED) is 0.845. The molecule has 0 N–H and O–H groups in total. The van der Waals surface area contributed by atoms with Crippen LogP contribution in [0.15, 0.2) is 24.8 Å². The topological polar surface area (TPSA) is 67.2 Å². The molecule has 2 aromatic rings. The van der Waals surface area contributed by atoms with Crippen molar-refractivity contribution in [1.29, 1.82) is 0 Å². The van der Waals surface area contributed by atoms with Gasteiger partial charge in [-0.2, -0.15) is 0 Å². The number of rotatable bonds is 3. The van der Waals surface area contributed by atoms with Gasteiger partial charge in [0.25, 0.3) is 0 Å². The van der Waals surface area contributed by atoms with E-state index in [0.29, 0.717) is 5.91 Å². The third-order valence-corrected chi connectivity index (χ3v) is 5.45. The fourth-order valence-electron chi connectivity index (χ4n) is 3.99. The van der Waals surface area contributed by atoms with Crippen LogP contribution in [-0.4, -0.2) is 56.5 Å². The monoisotopic (exact) mass is 354 g/mol. The molecule has 7 nitrogen and oxygen atoms in total. The van der Waals surface area contributed by atoms with Gasteiger partial charge < -0.3 is 9.80 Å². The predicted octanol–water partition coefficient (Wildman–Crippen LogP) is 2.20. The van der Waals surface area contributed by atoms with E-state index in [9.17, 15) is 4.79 Å². The van der Waals surface area contributed by atoms with Gasteiger partial charge in [0, 0.05) is 50.6 Å². The number of hydrogen-bond acceptors (Lipinski definition) is 5. The second-order valence-electron chi connectivity index (χ2n) is 7.25. The van der Waals surface area contributed by atoms with Crippen molar-refractivity contribution in [1.82, 2.24) is 24.4 Å². The largest absolute Gasteiger partial charge is 0.353 e. The fraction of sp³-hybridized carbons (Fsp3) is 0.579. The first-order valence-corrected chi connectivity index (χ1v) is 9.58. The summed E-state index contributed by atoms with van der Waals surface area (Å²) in [4.78, 5) is 30.2. The minimum absolute atomic E-state index is 0.254. The van der Waals surface area contributed by atoms with Crippen molar-refractivity contribution < 1.29 is 4.79 Å². The molecule has 1 aliphatic heterocycles. The number of carbonyl (C=O) groups is 1. The average Bonchev–Trinajstić information content (AvgIpc) is 3.23. The maximum Gasteiger partial charge on any atom is 0.225 e. The van der Waals surface area contributed by atoms with E-state index in [4.69, 9.17) is 0 Å². The number of piperazine rings is 1. The molecule has 0 spiro atoms. The number of hydrogen-bond donors (Lipinski definition) is 0. The molecule has 4 rings (SSSR count). The van der Waals surface area contributed by atoms with Gasteiger partial charge in [-0.05, 0) is 19.8 Å². The molecule has 0 unspecified atom stereocenters. The van der Waals surface area contributed by atoms with Crippen LogP contribution in [0.1, 0.15) is 37.9 Å². The highest BCUT2D eigenvalue weighted by Gasteiger charge is 2.28. The molecule has 26 heavy (non-hydrogen) atoms. The van der Waals surface area contributed by atoms with Crippen molar-refractivity contribution >= 4 is 11.7 Å². The lowest BCUT2D eigenvalue weighted by atomic mass is 9.88. The number of nitrogens with zero attached hydrogens (tertiary/aromatic N) is 6. The summed E-state index contributed by atoms with van der Waals surface area (Å²) < 4.78 is 1.89. The molecule has 3 heterocycles. The Bertz CT molecular complexity index is 745. The highest BCUT2D eigenvalue weighted by Crippen LogP contribution is 2.26. The zero-order valence-electron chi connectivity index (χ0n) is 15.3. The number of amides is 1. The van der Waals surface area contributed by atoms with E-state index in [1.165, 1.54) is 19.3 Å². The van der Waals surface area contributed by atoms with Crippen molar-refractivity contribution in [3.63, 3.8) is 0 Å². The number of aromatic nitrogens is 4. The Morgan fingerprint density at radius 1 is 1.04 bits per heavy atom. The summed E-state index contributed by atoms with van der Waals surface area (Å²) in [6, 6.07) is 1.99. The first-order valence-electron chi connectivity index (χ1n) is 9.58. The van der Waals surface area contributed by atoms with Crippen LogP contribution in [0.2, 0.25) is 0 Å². The Kier molecular flexibility index (Phi) is 4.86. The summed E-state index contributed by atoms with van der Waals surface area (Å²) in [6.45, 7) is 5.10. The summed E-state index contributed by atoms with van der Waals surface area (Å²) in [5.41, 5.74) is 0. The lowest BCUT2D eigenvalue weighted by Crippen LogP contribution is -2.50. The SMILES string of the molecule is Cc1nc(N2CCN(C(=O)C3CCCCC3)CC2)cc(-n2ccnc2)n1. The summed E-state index contributed by atoms with van der Waals surface area (Å²) in [5, 5.41) is 0. The number of imidazole rings is 1. The van der Waals surface area contributed by atoms with E-state index in [0.717, 1.165) is 56.5 Å². The molecule has 0 atom stereocenters. The van der Waals surface area contributed by atoms with Crippen molar-refractivity contribution in [2.45, 2.75) is 39.0 Å². The van der Waals surface area contributed by atoms with Gasteiger partial charge in [0.05, 0.1) is 0 Å². The first-order chi connectivity index (χ1) is 12.7. The summed E-state index contributed by atoms with van der Waals surface area (Å²) in [6.07, 6.45) is 11.2. The van der Waals surface area contributed by atoms with Gasteiger partial charge in [-0.15, -0.1) is 0 Å². The smallest absolute Gasteiger partial charge is 0.225 e. The average molecular weight is 354 g/mol. The zero-order chi connectivity index (χ0) is 17.9. The highest BCUT2D eigenvalue weighted by molar-refractivity contribution is 5.79. The van der Waals surface area contributed by atoms with Gasteiger partial charge >= 0.3 is 0 Å². The standard InChI is InChI=1S/C19H26N6O/c1-15-21-17(13-18(22-15)25-8-7-20-14-25)23-9-11-24(12-10-23)19(26)16-5-3-2-4-6-16/h7-8,13-14,16H,2-6,9-12H2,1H3. The molecule has 2 fully saturated rings. The van der Waals surface area contributed by atoms with Crippen LogP contribution in [0.4, 0.5) is 5.82 Å². The van der Waals surface area contributed by atoms with Crippen LogP contribution in [0.5, 0.6) is 0 Å². The van der Waals surface area contributed by atoms with Gasteiger partial charge in [-0.3, -0.25) is 9.36 Å². The number of anilines is 1. The lowest BCUT2D eigenvalue weighted by molar-refractivity contribution is -0.136. The molecule has 0 bridgehead atoms. The fourth-order valence-corrected chi connectivity index (χ4v) is 3.99. The second-order valence-corrected chi connectivity index (χ2v) is 7.25. The summed E-state index contributed by atoms with van der Waals surface area (Å²) in [7, 11) is 0. The minimum atomic E-state index is 0.254. The Morgan fingerprint density at radius 2 is 1.77 bits per heavy atom. The van der Waals surface area contributed by atoms with Gasteiger partial charge in [0.15, 0.2) is 0 Å². The van der Waals surface area contributed by atoms with Gasteiger partial charge in [0.2, 0.25) is 5.91 Å². The van der Waals surface area contributed by atoms with Crippen molar-refractivity contribution in [2.24, 2.45) is 5.92 Å². The number of carbonyl (C=O) groups excluding carboxylic acids is 1. The lowest BCUT2D eigenvalue weighted by Gasteiger charge is -2.37. The highest BCUT2D eigenvalue weighted by atomic mass is 16.2. The Labute approximate surface area is 154 Å². The molecule has 7 heteroatoms. The number of aryl methyl sites for hydroxylation is 1. The van der Waals surface area contributed by atoms with Crippen molar-refractivity contribution in [2.75, 3.05) is 31.1 Å². The first kappa shape index (κ1) is 17.0. The molecule has 138 valence electrons. The Balaban J connectivity index is 1.42. The maximum atomic E-state index is 12.7. The molecule has 1 amide bonds. The van der Waals surface area contributed by atoms with Crippen LogP contribution >= 0.6 is 0 Å². The van der Waals surface area contributed by atoms with Crippen LogP contribution in [0.25, 0.3) is 5.82 Å². The Hall–Kier alpha value is -2.44. The molecule has 2 aliphatic rings. The van der Waals surface area contributed by atoms with Crippen molar-refractivity contribution in [3.8, 4) is 5.82 Å². The van der Waals surface area contributed by atoms with Crippen LogP contribution < -0.4 is 4.90 Å². The third kappa shape index (κ3) is 3.57. The third-order valence-electron chi connectivity index (χ3n) is 5.45. The Morgan fingerprint density at radius 3 is 2.46 bits per heavy atom. The minimum Gasteiger partial charge on any atom is -0.353 e. The zero-order valence-corrected chi connectivity index (χ0v) is 15.3. The van der Waals surface area contributed by atoms with E-state index in [1.807, 2.05) is 23.8 Å². The van der Waals surface area contributed by atoms with Gasteiger partial charge in [0.1, 0.15) is 23.8 Å². The molecule has 0 radical (unpaired) electrons. The van der Waals surface area contributed by atoms with Crippen LogP contribution in [-0.2, 0) is 4.79 Å². The van der Waals surface area contributed by atoms with Crippen LogP contribution in [0.3, 0.4) is 0 Å². The molecular weight excluding hydrogens is 328 g/mol. The molecular formula is C19H26N6O. The molecule has 1 aliphatic carbocycles. The van der Waals surface area contributed by atoms with E-state index >= 15 is 0 Å². The normalized spacial score (nSPS) is 19.0. The maximum absolute atomic E-state index is 12.7. The van der Waals surface area contributed by atoms with E-state index < -0.39 is 0 Å². The molecule has 1 saturated carbocycles. The predicted molar refractivity (Wildman–Crippen MR) is 99.3 cm³/mol. The molecule has 0 aromatic carbocycles. The van der Waals surface area contributed by atoms with Crippen LogP contribution in [0, 0.1) is 12.8 Å². The van der Waals surface area contributed by atoms with E-state index in [-0.39, 0.29) is 5.92 Å². The molecule has 2 aromatic heterocycles. The van der Waals surface area contributed by atoms with E-state index in [1.54, 1.807) is 12.5 Å². The van der Waals surface area contributed by atoms with Gasteiger partial charge in [-0.1, -0.05) is 19.3 Å². The second kappa shape index (κ2) is 7.43. The molecule has 1 saturated heterocycles. The van der Waals surface area contributed by atoms with Gasteiger partial charge in [-0.25, -0.2) is 15.0 Å². The summed E-state index contributed by atoms with van der Waals surface area (Å²) in [5.74, 6) is 3.11. The van der Waals surface area contributed by atoms with E-state index in [2.05, 4.69) is 24.8 Å². The summed E-state index contributed by atoms with van der Waals surface area (Å²) >= 11 is 0.